The predicted octanol–water partition coefficient (Wildman–Crippen LogP) is 2.88. The Kier molecular flexibility index (Phi) is 4.39. The van der Waals surface area contributed by atoms with Crippen molar-refractivity contribution in [3.8, 4) is 0 Å². The van der Waals surface area contributed by atoms with Crippen LogP contribution in [-0.2, 0) is 9.53 Å². The standard InChI is InChI=1S/C19H24O4/c1-12(2)13-6-8-14(9-7-13)18(21)19(22)10-4-3-5-15(19)17(20)16-11-23-16/h6-9,12,15-16,22H,3-5,10-11H2,1-2H3. The monoisotopic (exact) mass is 316 g/mol. The van der Waals surface area contributed by atoms with Crippen LogP contribution in [0.25, 0.3) is 0 Å². The highest BCUT2D eigenvalue weighted by atomic mass is 16.6. The number of carbonyl (C=O) groups is 2. The molecule has 1 aliphatic carbocycles. The number of ketones is 2. The van der Waals surface area contributed by atoms with E-state index >= 15 is 0 Å². The predicted molar refractivity (Wildman–Crippen MR) is 86.5 cm³/mol. The Bertz CT molecular complexity index is 600. The molecule has 1 aromatic carbocycles. The highest BCUT2D eigenvalue weighted by Crippen LogP contribution is 2.39. The largest absolute Gasteiger partial charge is 0.381 e. The summed E-state index contributed by atoms with van der Waals surface area (Å²) in [5.74, 6) is -0.690. The van der Waals surface area contributed by atoms with Crippen LogP contribution in [0.1, 0.15) is 61.4 Å². The molecule has 3 rings (SSSR count). The van der Waals surface area contributed by atoms with Crippen LogP contribution in [0.3, 0.4) is 0 Å². The number of epoxide rings is 1. The van der Waals surface area contributed by atoms with Gasteiger partial charge in [0, 0.05) is 5.56 Å². The SMILES string of the molecule is CC(C)c1ccc(C(=O)C2(O)CCCCC2C(=O)C2CO2)cc1. The summed E-state index contributed by atoms with van der Waals surface area (Å²) in [6.07, 6.45) is 2.12. The van der Waals surface area contributed by atoms with Crippen LogP contribution in [-0.4, -0.2) is 35.0 Å². The number of ether oxygens (including phenoxy) is 1. The molecule has 4 nitrogen and oxygen atoms in total. The van der Waals surface area contributed by atoms with E-state index < -0.39 is 17.6 Å². The van der Waals surface area contributed by atoms with E-state index in [0.29, 0.717) is 30.9 Å². The summed E-state index contributed by atoms with van der Waals surface area (Å²) in [5.41, 5.74) is 0.0465. The van der Waals surface area contributed by atoms with Gasteiger partial charge >= 0.3 is 0 Å². The van der Waals surface area contributed by atoms with Gasteiger partial charge < -0.3 is 9.84 Å². The first kappa shape index (κ1) is 16.3. The number of Topliss-reactive ketones (excluding diaryl/α,β-unsaturated/α-hetero) is 2. The molecule has 2 aliphatic rings. The number of benzene rings is 1. The van der Waals surface area contributed by atoms with Gasteiger partial charge in [0.05, 0.1) is 12.5 Å². The van der Waals surface area contributed by atoms with Gasteiger partial charge in [0.2, 0.25) is 0 Å². The van der Waals surface area contributed by atoms with Crippen LogP contribution < -0.4 is 0 Å². The third-order valence-corrected chi connectivity index (χ3v) is 5.10. The van der Waals surface area contributed by atoms with Crippen LogP contribution in [0.15, 0.2) is 24.3 Å². The molecule has 1 aliphatic heterocycles. The molecule has 1 saturated heterocycles. The number of hydrogen-bond acceptors (Lipinski definition) is 4. The molecule has 1 heterocycles. The third-order valence-electron chi connectivity index (χ3n) is 5.10. The van der Waals surface area contributed by atoms with Gasteiger partial charge in [-0.15, -0.1) is 0 Å². The maximum Gasteiger partial charge on any atom is 0.195 e. The second kappa shape index (κ2) is 6.17. The van der Waals surface area contributed by atoms with Crippen molar-refractivity contribution in [2.75, 3.05) is 6.61 Å². The van der Waals surface area contributed by atoms with E-state index in [0.717, 1.165) is 18.4 Å². The summed E-state index contributed by atoms with van der Waals surface area (Å²) < 4.78 is 5.07. The molecule has 1 saturated carbocycles. The average Bonchev–Trinajstić information content (AvgIpc) is 3.39. The van der Waals surface area contributed by atoms with Crippen LogP contribution in [0.2, 0.25) is 0 Å². The summed E-state index contributed by atoms with van der Waals surface area (Å²) in [5, 5.41) is 11.1. The minimum atomic E-state index is -1.58. The summed E-state index contributed by atoms with van der Waals surface area (Å²) >= 11 is 0. The fourth-order valence-corrected chi connectivity index (χ4v) is 3.51. The third kappa shape index (κ3) is 3.10. The lowest BCUT2D eigenvalue weighted by molar-refractivity contribution is -0.133. The first-order valence-corrected chi connectivity index (χ1v) is 8.46. The van der Waals surface area contributed by atoms with Crippen LogP contribution in [0.5, 0.6) is 0 Å². The van der Waals surface area contributed by atoms with Crippen LogP contribution in [0.4, 0.5) is 0 Å². The van der Waals surface area contributed by atoms with E-state index in [4.69, 9.17) is 4.74 Å². The number of carbonyl (C=O) groups excluding carboxylic acids is 2. The first-order valence-electron chi connectivity index (χ1n) is 8.46. The highest BCUT2D eigenvalue weighted by molar-refractivity contribution is 6.06. The molecule has 0 radical (unpaired) electrons. The molecule has 3 atom stereocenters. The van der Waals surface area contributed by atoms with Gasteiger partial charge in [-0.2, -0.15) is 0 Å². The van der Waals surface area contributed by atoms with Crippen molar-refractivity contribution in [1.82, 2.24) is 0 Å². The molecule has 0 amide bonds. The van der Waals surface area contributed by atoms with E-state index in [2.05, 4.69) is 13.8 Å². The van der Waals surface area contributed by atoms with Crippen molar-refractivity contribution in [2.45, 2.75) is 57.2 Å². The molecule has 1 N–H and O–H groups in total. The Morgan fingerprint density at radius 3 is 2.43 bits per heavy atom. The van der Waals surface area contributed by atoms with E-state index in [-0.39, 0.29) is 11.6 Å². The van der Waals surface area contributed by atoms with Crippen molar-refractivity contribution < 1.29 is 19.4 Å². The first-order chi connectivity index (χ1) is 10.9. The molecule has 23 heavy (non-hydrogen) atoms. The second-order valence-corrected chi connectivity index (χ2v) is 7.05. The lowest BCUT2D eigenvalue weighted by Crippen LogP contribution is -2.52. The Morgan fingerprint density at radius 1 is 1.22 bits per heavy atom. The van der Waals surface area contributed by atoms with Gasteiger partial charge in [0.1, 0.15) is 11.7 Å². The average molecular weight is 316 g/mol. The Morgan fingerprint density at radius 2 is 1.87 bits per heavy atom. The molecule has 3 unspecified atom stereocenters. The Labute approximate surface area is 136 Å². The van der Waals surface area contributed by atoms with Crippen molar-refractivity contribution in [1.29, 1.82) is 0 Å². The molecule has 124 valence electrons. The maximum absolute atomic E-state index is 12.9. The molecular weight excluding hydrogens is 292 g/mol. The quantitative estimate of drug-likeness (QED) is 0.670. The highest BCUT2D eigenvalue weighted by Gasteiger charge is 2.52. The number of rotatable bonds is 5. The normalized spacial score (nSPS) is 30.3. The van der Waals surface area contributed by atoms with Crippen LogP contribution >= 0.6 is 0 Å². The van der Waals surface area contributed by atoms with E-state index in [1.165, 1.54) is 0 Å². The minimum absolute atomic E-state index is 0.112. The molecular formula is C19H24O4. The second-order valence-electron chi connectivity index (χ2n) is 7.05. The van der Waals surface area contributed by atoms with Crippen molar-refractivity contribution in [3.63, 3.8) is 0 Å². The number of hydrogen-bond donors (Lipinski definition) is 1. The summed E-state index contributed by atoms with van der Waals surface area (Å²) in [4.78, 5) is 25.3. The zero-order chi connectivity index (χ0) is 16.6. The molecule has 2 fully saturated rings. The van der Waals surface area contributed by atoms with Gasteiger partial charge in [-0.25, -0.2) is 0 Å². The maximum atomic E-state index is 12.9. The fourth-order valence-electron chi connectivity index (χ4n) is 3.51. The van der Waals surface area contributed by atoms with Crippen molar-refractivity contribution in [3.05, 3.63) is 35.4 Å². The summed E-state index contributed by atoms with van der Waals surface area (Å²) in [7, 11) is 0. The minimum Gasteiger partial charge on any atom is -0.381 e. The molecule has 4 heteroatoms. The molecule has 0 spiro atoms. The lowest BCUT2D eigenvalue weighted by Gasteiger charge is -2.37. The van der Waals surface area contributed by atoms with E-state index in [1.54, 1.807) is 12.1 Å². The zero-order valence-corrected chi connectivity index (χ0v) is 13.7. The number of aliphatic hydroxyl groups is 1. The smallest absolute Gasteiger partial charge is 0.195 e. The van der Waals surface area contributed by atoms with Gasteiger partial charge in [-0.1, -0.05) is 51.0 Å². The topological polar surface area (TPSA) is 66.9 Å². The molecule has 0 bridgehead atoms. The molecule has 1 aromatic rings. The van der Waals surface area contributed by atoms with E-state index in [9.17, 15) is 14.7 Å². The zero-order valence-electron chi connectivity index (χ0n) is 13.7. The van der Waals surface area contributed by atoms with Crippen molar-refractivity contribution >= 4 is 11.6 Å². The van der Waals surface area contributed by atoms with E-state index in [1.807, 2.05) is 12.1 Å². The Balaban J connectivity index is 1.86. The summed E-state index contributed by atoms with van der Waals surface area (Å²) in [6.45, 7) is 4.61. The lowest BCUT2D eigenvalue weighted by atomic mass is 9.69. The van der Waals surface area contributed by atoms with Gasteiger partial charge in [0.15, 0.2) is 11.6 Å². The fraction of sp³-hybridized carbons (Fsp3) is 0.579. The van der Waals surface area contributed by atoms with Crippen LogP contribution in [0, 0.1) is 5.92 Å². The van der Waals surface area contributed by atoms with Gasteiger partial charge in [-0.3, -0.25) is 9.59 Å². The van der Waals surface area contributed by atoms with Gasteiger partial charge in [0.25, 0.3) is 0 Å². The summed E-state index contributed by atoms with van der Waals surface area (Å²) in [6, 6.07) is 7.37. The van der Waals surface area contributed by atoms with Crippen molar-refractivity contribution in [2.24, 2.45) is 5.92 Å². The van der Waals surface area contributed by atoms with Gasteiger partial charge in [-0.05, 0) is 24.3 Å². The Hall–Kier alpha value is -1.52. The molecule has 0 aromatic heterocycles.